The molecule has 4 rings (SSSR count). The van der Waals surface area contributed by atoms with Crippen molar-refractivity contribution in [2.75, 3.05) is 4.31 Å². The summed E-state index contributed by atoms with van der Waals surface area (Å²) < 4.78 is 32.2. The zero-order valence-electron chi connectivity index (χ0n) is 17.5. The topological polar surface area (TPSA) is 109 Å². The van der Waals surface area contributed by atoms with Gasteiger partial charge in [-0.15, -0.1) is 0 Å². The van der Waals surface area contributed by atoms with Gasteiger partial charge in [-0.25, -0.2) is 8.51 Å². The van der Waals surface area contributed by atoms with Gasteiger partial charge in [-0.3, -0.25) is 9.35 Å². The number of hydrogen-bond donors (Lipinski definition) is 2. The first-order chi connectivity index (χ1) is 16.3. The third-order valence-corrected chi connectivity index (χ3v) is 6.88. The van der Waals surface area contributed by atoms with E-state index in [-0.39, 0.29) is 17.1 Å². The number of nitrogens with two attached hydrogens (primary N) is 1. The van der Waals surface area contributed by atoms with Crippen LogP contribution in [0.25, 0.3) is 0 Å². The largest absolute Gasteiger partial charge is 0.366 e. The molecule has 0 saturated heterocycles. The van der Waals surface area contributed by atoms with Crippen molar-refractivity contribution >= 4 is 63.6 Å². The number of amides is 1. The number of primary amides is 1. The van der Waals surface area contributed by atoms with E-state index in [0.717, 1.165) is 32.7 Å². The van der Waals surface area contributed by atoms with Crippen molar-refractivity contribution in [2.45, 2.75) is 12.8 Å². The normalized spacial score (nSPS) is 11.9. The third-order valence-electron chi connectivity index (χ3n) is 5.05. The van der Waals surface area contributed by atoms with Crippen LogP contribution >= 0.6 is 34.9 Å². The Kier molecular flexibility index (Phi) is 7.60. The van der Waals surface area contributed by atoms with Gasteiger partial charge in [0.15, 0.2) is 5.82 Å². The molecule has 0 fully saturated rings. The molecule has 4 aromatic rings. The molecular weight excluding hydrogens is 515 g/mol. The second kappa shape index (κ2) is 10.6. The molecule has 3 N–H and O–H groups in total. The third kappa shape index (κ3) is 5.45. The van der Waals surface area contributed by atoms with Crippen LogP contribution < -0.4 is 10.0 Å². The maximum Gasteiger partial charge on any atom is 0.268 e. The Bertz CT molecular complexity index is 1370. The van der Waals surface area contributed by atoms with Crippen LogP contribution in [0.1, 0.15) is 32.7 Å². The fourth-order valence-corrected chi connectivity index (χ4v) is 5.18. The molecule has 0 spiro atoms. The monoisotopic (exact) mass is 532 g/mol. The van der Waals surface area contributed by atoms with E-state index in [9.17, 15) is 13.6 Å². The molecule has 3 aromatic carbocycles. The predicted octanol–water partition coefficient (Wildman–Crippen LogP) is 5.40. The number of rotatable bonds is 8. The fraction of sp³-hybridized carbons (Fsp3) is 0.0870. The van der Waals surface area contributed by atoms with Gasteiger partial charge in [-0.1, -0.05) is 65.7 Å². The number of nitrogens with zero attached hydrogens (tertiary/aromatic N) is 3. The molecule has 0 bridgehead atoms. The van der Waals surface area contributed by atoms with Gasteiger partial charge in [-0.2, -0.15) is 8.75 Å². The SMILES string of the molecule is NC(=O)c1cc(Cc2ccc(Cl)cc2Cl)ccc1N(c1nsnc1Cc1ccccc1)S(=O)O. The molecule has 0 radical (unpaired) electrons. The summed E-state index contributed by atoms with van der Waals surface area (Å²) in [5, 5.41) is 1.01. The van der Waals surface area contributed by atoms with Crippen LogP contribution in [0.3, 0.4) is 0 Å². The van der Waals surface area contributed by atoms with E-state index in [4.69, 9.17) is 28.9 Å². The lowest BCUT2D eigenvalue weighted by atomic mass is 10.0. The highest BCUT2D eigenvalue weighted by Crippen LogP contribution is 2.34. The number of anilines is 2. The highest BCUT2D eigenvalue weighted by Gasteiger charge is 2.26. The molecule has 11 heteroatoms. The minimum atomic E-state index is -2.54. The first-order valence-corrected chi connectivity index (χ1v) is 12.5. The van der Waals surface area contributed by atoms with Crippen molar-refractivity contribution in [3.63, 3.8) is 0 Å². The Balaban J connectivity index is 1.72. The molecule has 1 heterocycles. The Hall–Kier alpha value is -2.82. The molecule has 7 nitrogen and oxygen atoms in total. The second-order valence-corrected chi connectivity index (χ2v) is 9.55. The molecule has 0 aliphatic carbocycles. The Morgan fingerprint density at radius 3 is 2.44 bits per heavy atom. The Morgan fingerprint density at radius 2 is 1.76 bits per heavy atom. The zero-order chi connectivity index (χ0) is 24.2. The van der Waals surface area contributed by atoms with Gasteiger partial charge >= 0.3 is 0 Å². The van der Waals surface area contributed by atoms with E-state index in [1.165, 1.54) is 0 Å². The minimum Gasteiger partial charge on any atom is -0.366 e. The van der Waals surface area contributed by atoms with Gasteiger partial charge in [-0.05, 0) is 47.4 Å². The summed E-state index contributed by atoms with van der Waals surface area (Å²) >= 11 is 10.6. The highest BCUT2D eigenvalue weighted by molar-refractivity contribution is 7.81. The van der Waals surface area contributed by atoms with Crippen LogP contribution in [0.4, 0.5) is 11.5 Å². The summed E-state index contributed by atoms with van der Waals surface area (Å²) in [7, 11) is 0. The number of halogens is 2. The van der Waals surface area contributed by atoms with Crippen LogP contribution in [-0.4, -0.2) is 23.4 Å². The van der Waals surface area contributed by atoms with Crippen molar-refractivity contribution in [1.82, 2.24) is 8.75 Å². The Labute approximate surface area is 212 Å². The molecule has 0 aliphatic heterocycles. The van der Waals surface area contributed by atoms with Gasteiger partial charge in [0, 0.05) is 16.5 Å². The minimum absolute atomic E-state index is 0.0728. The second-order valence-electron chi connectivity index (χ2n) is 7.35. The molecule has 0 aliphatic rings. The molecular formula is C23H18Cl2N4O3S2. The van der Waals surface area contributed by atoms with Crippen LogP contribution in [0.2, 0.25) is 10.0 Å². The molecule has 1 unspecified atom stereocenters. The lowest BCUT2D eigenvalue weighted by Gasteiger charge is -2.21. The van der Waals surface area contributed by atoms with E-state index >= 15 is 0 Å². The summed E-state index contributed by atoms with van der Waals surface area (Å²) in [6, 6.07) is 19.6. The maximum atomic E-state index is 12.4. The molecule has 1 amide bonds. The van der Waals surface area contributed by atoms with Gasteiger partial charge in [0.1, 0.15) is 5.69 Å². The van der Waals surface area contributed by atoms with E-state index in [1.807, 2.05) is 30.3 Å². The quantitative estimate of drug-likeness (QED) is 0.295. The van der Waals surface area contributed by atoms with Crippen molar-refractivity contribution in [1.29, 1.82) is 0 Å². The fourth-order valence-electron chi connectivity index (χ4n) is 3.48. The predicted molar refractivity (Wildman–Crippen MR) is 136 cm³/mol. The first-order valence-electron chi connectivity index (χ1n) is 9.96. The van der Waals surface area contributed by atoms with E-state index in [2.05, 4.69) is 8.75 Å². The summed E-state index contributed by atoms with van der Waals surface area (Å²) in [4.78, 5) is 12.3. The number of benzene rings is 3. The average molecular weight is 533 g/mol. The number of carbonyl (C=O) groups excluding carboxylic acids is 1. The lowest BCUT2D eigenvalue weighted by molar-refractivity contribution is 0.100. The van der Waals surface area contributed by atoms with Gasteiger partial charge in [0.25, 0.3) is 17.2 Å². The summed E-state index contributed by atoms with van der Waals surface area (Å²) in [6.45, 7) is 0. The molecule has 1 atom stereocenters. The van der Waals surface area contributed by atoms with E-state index < -0.39 is 17.2 Å². The maximum absolute atomic E-state index is 12.4. The van der Waals surface area contributed by atoms with Crippen LogP contribution in [0.5, 0.6) is 0 Å². The van der Waals surface area contributed by atoms with Crippen molar-refractivity contribution in [2.24, 2.45) is 5.73 Å². The smallest absolute Gasteiger partial charge is 0.268 e. The zero-order valence-corrected chi connectivity index (χ0v) is 20.7. The van der Waals surface area contributed by atoms with Crippen molar-refractivity contribution < 1.29 is 13.6 Å². The molecule has 174 valence electrons. The summed E-state index contributed by atoms with van der Waals surface area (Å²) in [5.74, 6) is -0.562. The van der Waals surface area contributed by atoms with Crippen molar-refractivity contribution in [3.05, 3.63) is 105 Å². The molecule has 1 aromatic heterocycles. The van der Waals surface area contributed by atoms with Gasteiger partial charge < -0.3 is 5.73 Å². The standard InChI is InChI=1S/C23H18Cl2N4O3S2/c24-17-8-7-16(19(25)13-17)10-15-6-9-21(18(11-15)22(26)30)29(34(31)32)23-20(27-33-28-23)12-14-4-2-1-3-5-14/h1-9,11,13H,10,12H2,(H2,26,30)(H,31,32). The van der Waals surface area contributed by atoms with Gasteiger partial charge in [0.05, 0.1) is 23.0 Å². The van der Waals surface area contributed by atoms with E-state index in [1.54, 1.807) is 36.4 Å². The number of hydrogen-bond acceptors (Lipinski definition) is 5. The van der Waals surface area contributed by atoms with E-state index in [0.29, 0.717) is 28.6 Å². The first kappa shape index (κ1) is 24.3. The summed E-state index contributed by atoms with van der Waals surface area (Å²) in [5.41, 5.74) is 8.91. The summed E-state index contributed by atoms with van der Waals surface area (Å²) in [6.07, 6.45) is 0.815. The van der Waals surface area contributed by atoms with Crippen LogP contribution in [-0.2, 0) is 24.1 Å². The van der Waals surface area contributed by atoms with Crippen LogP contribution in [0.15, 0.2) is 66.7 Å². The number of aromatic nitrogens is 2. The lowest BCUT2D eigenvalue weighted by Crippen LogP contribution is -2.25. The van der Waals surface area contributed by atoms with Gasteiger partial charge in [0.2, 0.25) is 0 Å². The number of carbonyl (C=O) groups is 1. The average Bonchev–Trinajstić information content (AvgIpc) is 3.24. The molecule has 0 saturated carbocycles. The van der Waals surface area contributed by atoms with Crippen LogP contribution in [0, 0.1) is 0 Å². The Morgan fingerprint density at radius 1 is 1.00 bits per heavy atom. The molecule has 34 heavy (non-hydrogen) atoms. The highest BCUT2D eigenvalue weighted by atomic mass is 35.5. The van der Waals surface area contributed by atoms with Crippen molar-refractivity contribution in [3.8, 4) is 0 Å².